The van der Waals surface area contributed by atoms with Gasteiger partial charge in [0.1, 0.15) is 5.82 Å². The van der Waals surface area contributed by atoms with E-state index in [1.165, 1.54) is 18.9 Å². The number of benzene rings is 1. The molecule has 1 aromatic carbocycles. The minimum Gasteiger partial charge on any atom is -0.330 e. The Hall–Kier alpha value is -0.640. The van der Waals surface area contributed by atoms with E-state index >= 15 is 0 Å². The van der Waals surface area contributed by atoms with Gasteiger partial charge in [-0.05, 0) is 62.9 Å². The number of rotatable bonds is 4. The van der Waals surface area contributed by atoms with Gasteiger partial charge in [-0.1, -0.05) is 12.1 Å². The van der Waals surface area contributed by atoms with E-state index in [1.54, 1.807) is 12.1 Å². The maximum absolute atomic E-state index is 13.3. The molecule has 2 rings (SSSR count). The Bertz CT molecular complexity index is 384. The Morgan fingerprint density at radius 2 is 2.26 bits per heavy atom. The molecular weight excluding hydrogens is 263 g/mol. The highest BCUT2D eigenvalue weighted by Gasteiger charge is 2.23. The summed E-state index contributed by atoms with van der Waals surface area (Å²) < 4.78 is 13.3. The highest BCUT2D eigenvalue weighted by molar-refractivity contribution is 5.85. The zero-order valence-electron chi connectivity index (χ0n) is 11.5. The molecule has 1 fully saturated rings. The van der Waals surface area contributed by atoms with Crippen LogP contribution in [0.15, 0.2) is 24.3 Å². The van der Waals surface area contributed by atoms with Gasteiger partial charge in [-0.3, -0.25) is 4.90 Å². The van der Waals surface area contributed by atoms with Crippen molar-refractivity contribution in [1.82, 2.24) is 4.90 Å². The summed E-state index contributed by atoms with van der Waals surface area (Å²) in [7, 11) is 0. The number of piperidine rings is 1. The first-order chi connectivity index (χ1) is 8.70. The van der Waals surface area contributed by atoms with E-state index in [0.29, 0.717) is 12.0 Å². The number of nitrogens with two attached hydrogens (primary N) is 1. The van der Waals surface area contributed by atoms with Crippen LogP contribution in [-0.2, 0) is 0 Å². The molecule has 0 aromatic heterocycles. The van der Waals surface area contributed by atoms with Gasteiger partial charge >= 0.3 is 0 Å². The smallest absolute Gasteiger partial charge is 0.123 e. The third-order valence-electron chi connectivity index (χ3n) is 4.00. The van der Waals surface area contributed by atoms with E-state index in [9.17, 15) is 4.39 Å². The minimum absolute atomic E-state index is 0. The van der Waals surface area contributed by atoms with Crippen molar-refractivity contribution >= 4 is 12.4 Å². The zero-order valence-corrected chi connectivity index (χ0v) is 12.3. The van der Waals surface area contributed by atoms with Crippen LogP contribution in [0.1, 0.15) is 37.8 Å². The van der Waals surface area contributed by atoms with Gasteiger partial charge in [-0.15, -0.1) is 12.4 Å². The fourth-order valence-electron chi connectivity index (χ4n) is 2.90. The van der Waals surface area contributed by atoms with Crippen LogP contribution in [0.3, 0.4) is 0 Å². The van der Waals surface area contributed by atoms with E-state index in [2.05, 4.69) is 11.8 Å². The van der Waals surface area contributed by atoms with Crippen molar-refractivity contribution in [2.24, 2.45) is 11.7 Å². The van der Waals surface area contributed by atoms with Gasteiger partial charge in [-0.25, -0.2) is 4.39 Å². The highest BCUT2D eigenvalue weighted by atomic mass is 35.5. The summed E-state index contributed by atoms with van der Waals surface area (Å²) in [5.74, 6) is 0.564. The topological polar surface area (TPSA) is 29.3 Å². The van der Waals surface area contributed by atoms with Crippen LogP contribution >= 0.6 is 12.4 Å². The second-order valence-corrected chi connectivity index (χ2v) is 5.31. The Balaban J connectivity index is 0.00000180. The van der Waals surface area contributed by atoms with Crippen LogP contribution in [-0.4, -0.2) is 24.5 Å². The van der Waals surface area contributed by atoms with Crippen molar-refractivity contribution in [3.8, 4) is 0 Å². The molecule has 1 aliphatic rings. The van der Waals surface area contributed by atoms with Gasteiger partial charge < -0.3 is 5.73 Å². The van der Waals surface area contributed by atoms with E-state index in [0.717, 1.165) is 31.6 Å². The standard InChI is InChI=1S/C15H23FN2.ClH/c1-12(14-5-2-6-15(16)10-14)18-9-3-4-13(11-18)7-8-17;/h2,5-6,10,12-13H,3-4,7-9,11,17H2,1H3;1H. The van der Waals surface area contributed by atoms with Gasteiger partial charge in [-0.2, -0.15) is 0 Å². The second kappa shape index (κ2) is 7.83. The van der Waals surface area contributed by atoms with Gasteiger partial charge in [0, 0.05) is 12.6 Å². The predicted octanol–water partition coefficient (Wildman–Crippen LogP) is 3.37. The van der Waals surface area contributed by atoms with Crippen molar-refractivity contribution in [3.05, 3.63) is 35.6 Å². The number of likely N-dealkylation sites (tertiary alicyclic amines) is 1. The van der Waals surface area contributed by atoms with Crippen LogP contribution in [0, 0.1) is 11.7 Å². The molecule has 0 amide bonds. The van der Waals surface area contributed by atoms with Crippen molar-refractivity contribution in [3.63, 3.8) is 0 Å². The average Bonchev–Trinajstić information content (AvgIpc) is 2.39. The monoisotopic (exact) mass is 286 g/mol. The third-order valence-corrected chi connectivity index (χ3v) is 4.00. The summed E-state index contributed by atoms with van der Waals surface area (Å²) in [4.78, 5) is 2.46. The van der Waals surface area contributed by atoms with E-state index < -0.39 is 0 Å². The molecule has 4 heteroatoms. The van der Waals surface area contributed by atoms with E-state index in [4.69, 9.17) is 5.73 Å². The normalized spacial score (nSPS) is 21.7. The molecule has 1 heterocycles. The quantitative estimate of drug-likeness (QED) is 0.919. The summed E-state index contributed by atoms with van der Waals surface area (Å²) in [6.07, 6.45) is 3.61. The first-order valence-corrected chi connectivity index (χ1v) is 6.90. The summed E-state index contributed by atoms with van der Waals surface area (Å²) in [5.41, 5.74) is 6.72. The summed E-state index contributed by atoms with van der Waals surface area (Å²) in [6.45, 7) is 5.14. The molecule has 108 valence electrons. The lowest BCUT2D eigenvalue weighted by atomic mass is 9.93. The Morgan fingerprint density at radius 1 is 1.47 bits per heavy atom. The number of hydrogen-bond acceptors (Lipinski definition) is 2. The summed E-state index contributed by atoms with van der Waals surface area (Å²) in [5, 5.41) is 0. The van der Waals surface area contributed by atoms with E-state index in [-0.39, 0.29) is 18.2 Å². The first-order valence-electron chi connectivity index (χ1n) is 6.90. The van der Waals surface area contributed by atoms with Crippen molar-refractivity contribution in [1.29, 1.82) is 0 Å². The minimum atomic E-state index is -0.144. The SMILES string of the molecule is CC(c1cccc(F)c1)N1CCCC(CCN)C1.Cl. The van der Waals surface area contributed by atoms with E-state index in [1.807, 2.05) is 6.07 Å². The average molecular weight is 287 g/mol. The molecule has 0 bridgehead atoms. The van der Waals surface area contributed by atoms with Crippen molar-refractivity contribution in [2.75, 3.05) is 19.6 Å². The Labute approximate surface area is 121 Å². The first kappa shape index (κ1) is 16.4. The molecule has 1 aromatic rings. The van der Waals surface area contributed by atoms with Crippen molar-refractivity contribution in [2.45, 2.75) is 32.2 Å². The highest BCUT2D eigenvalue weighted by Crippen LogP contribution is 2.27. The van der Waals surface area contributed by atoms with Gasteiger partial charge in [0.15, 0.2) is 0 Å². The van der Waals surface area contributed by atoms with Crippen LogP contribution in [0.4, 0.5) is 4.39 Å². The lowest BCUT2D eigenvalue weighted by Crippen LogP contribution is -2.37. The molecule has 2 nitrogen and oxygen atoms in total. The molecule has 19 heavy (non-hydrogen) atoms. The molecular formula is C15H24ClFN2. The fourth-order valence-corrected chi connectivity index (χ4v) is 2.90. The van der Waals surface area contributed by atoms with Crippen LogP contribution in [0.2, 0.25) is 0 Å². The molecule has 2 atom stereocenters. The van der Waals surface area contributed by atoms with Gasteiger partial charge in [0.05, 0.1) is 0 Å². The zero-order chi connectivity index (χ0) is 13.0. The Kier molecular flexibility index (Phi) is 6.76. The summed E-state index contributed by atoms with van der Waals surface area (Å²) in [6, 6.07) is 7.25. The molecule has 0 spiro atoms. The molecule has 0 radical (unpaired) electrons. The molecule has 2 N–H and O–H groups in total. The molecule has 1 saturated heterocycles. The predicted molar refractivity (Wildman–Crippen MR) is 80.0 cm³/mol. The lowest BCUT2D eigenvalue weighted by molar-refractivity contribution is 0.128. The maximum Gasteiger partial charge on any atom is 0.123 e. The fraction of sp³-hybridized carbons (Fsp3) is 0.600. The van der Waals surface area contributed by atoms with Gasteiger partial charge in [0.25, 0.3) is 0 Å². The number of hydrogen-bond donors (Lipinski definition) is 1. The molecule has 1 aliphatic heterocycles. The molecule has 2 unspecified atom stereocenters. The van der Waals surface area contributed by atoms with Crippen LogP contribution in [0.25, 0.3) is 0 Å². The molecule has 0 aliphatic carbocycles. The maximum atomic E-state index is 13.3. The van der Waals surface area contributed by atoms with Crippen LogP contribution in [0.5, 0.6) is 0 Å². The Morgan fingerprint density at radius 3 is 2.95 bits per heavy atom. The molecule has 0 saturated carbocycles. The second-order valence-electron chi connectivity index (χ2n) is 5.31. The lowest BCUT2D eigenvalue weighted by Gasteiger charge is -2.37. The third kappa shape index (κ3) is 4.44. The van der Waals surface area contributed by atoms with Crippen LogP contribution < -0.4 is 5.73 Å². The summed E-state index contributed by atoms with van der Waals surface area (Å²) >= 11 is 0. The van der Waals surface area contributed by atoms with Gasteiger partial charge in [0.2, 0.25) is 0 Å². The number of halogens is 2. The number of nitrogens with zero attached hydrogens (tertiary/aromatic N) is 1. The largest absolute Gasteiger partial charge is 0.330 e. The van der Waals surface area contributed by atoms with Crippen molar-refractivity contribution < 1.29 is 4.39 Å².